The van der Waals surface area contributed by atoms with E-state index in [1.54, 1.807) is 13.1 Å². The summed E-state index contributed by atoms with van der Waals surface area (Å²) in [4.78, 5) is 13.7. The fourth-order valence-electron chi connectivity index (χ4n) is 2.43. The highest BCUT2D eigenvalue weighted by molar-refractivity contribution is 5.78. The van der Waals surface area contributed by atoms with Gasteiger partial charge >= 0.3 is 0 Å². The van der Waals surface area contributed by atoms with Crippen LogP contribution >= 0.6 is 0 Å². The first-order chi connectivity index (χ1) is 9.01. The molecule has 106 valence electrons. The number of hydrogen-bond donors (Lipinski definition) is 2. The molecule has 0 aromatic heterocycles. The summed E-state index contributed by atoms with van der Waals surface area (Å²) in [7, 11) is 3.64. The smallest absolute Gasteiger partial charge is 0.223 e. The van der Waals surface area contributed by atoms with Crippen LogP contribution in [0.1, 0.15) is 31.9 Å². The molecule has 0 bridgehead atoms. The number of carbonyl (C=O) groups is 1. The second kappa shape index (κ2) is 7.14. The summed E-state index contributed by atoms with van der Waals surface area (Å²) in [5.74, 6) is 0.280. The first kappa shape index (κ1) is 15.5. The summed E-state index contributed by atoms with van der Waals surface area (Å²) >= 11 is 0. The van der Waals surface area contributed by atoms with Crippen LogP contribution in [0.2, 0.25) is 0 Å². The van der Waals surface area contributed by atoms with E-state index in [1.807, 2.05) is 32.2 Å². The third-order valence-corrected chi connectivity index (χ3v) is 3.47. The van der Waals surface area contributed by atoms with Crippen LogP contribution in [0, 0.1) is 5.92 Å². The summed E-state index contributed by atoms with van der Waals surface area (Å²) in [6, 6.07) is 7.50. The van der Waals surface area contributed by atoms with Gasteiger partial charge in [0.15, 0.2) is 0 Å². The van der Waals surface area contributed by atoms with Gasteiger partial charge in [0, 0.05) is 31.1 Å². The predicted molar refractivity (Wildman–Crippen MR) is 77.0 cm³/mol. The molecule has 0 saturated heterocycles. The first-order valence-corrected chi connectivity index (χ1v) is 6.71. The molecule has 0 heterocycles. The molecule has 1 rings (SSSR count). The maximum Gasteiger partial charge on any atom is 0.223 e. The number of phenolic OH excluding ortho intramolecular Hbond substituents is 1. The van der Waals surface area contributed by atoms with Gasteiger partial charge in [0.2, 0.25) is 5.91 Å². The fraction of sp³-hybridized carbons (Fsp3) is 0.533. The Morgan fingerprint density at radius 2 is 2.05 bits per heavy atom. The van der Waals surface area contributed by atoms with Crippen LogP contribution in [0.25, 0.3) is 0 Å². The van der Waals surface area contributed by atoms with Crippen LogP contribution in [0.3, 0.4) is 0 Å². The van der Waals surface area contributed by atoms with E-state index in [1.165, 1.54) is 0 Å². The molecule has 1 aromatic rings. The Morgan fingerprint density at radius 1 is 1.42 bits per heavy atom. The molecule has 0 aliphatic carbocycles. The van der Waals surface area contributed by atoms with Gasteiger partial charge in [0.1, 0.15) is 5.75 Å². The Morgan fingerprint density at radius 3 is 2.58 bits per heavy atom. The molecule has 1 aromatic carbocycles. The Bertz CT molecular complexity index is 420. The van der Waals surface area contributed by atoms with Crippen LogP contribution in [-0.2, 0) is 4.79 Å². The number of nitrogens with one attached hydrogen (secondary N) is 1. The average molecular weight is 264 g/mol. The molecule has 2 unspecified atom stereocenters. The lowest BCUT2D eigenvalue weighted by Gasteiger charge is -2.29. The highest BCUT2D eigenvalue weighted by atomic mass is 16.3. The van der Waals surface area contributed by atoms with Crippen molar-refractivity contribution in [3.8, 4) is 5.75 Å². The first-order valence-electron chi connectivity index (χ1n) is 6.71. The quantitative estimate of drug-likeness (QED) is 0.828. The van der Waals surface area contributed by atoms with Crippen LogP contribution < -0.4 is 5.32 Å². The molecule has 0 fully saturated rings. The molecular formula is C15H24N2O2. The lowest BCUT2D eigenvalue weighted by Crippen LogP contribution is -2.36. The monoisotopic (exact) mass is 264 g/mol. The van der Waals surface area contributed by atoms with Crippen molar-refractivity contribution in [3.05, 3.63) is 29.8 Å². The molecule has 0 radical (unpaired) electrons. The molecule has 1 amide bonds. The Kier molecular flexibility index (Phi) is 5.83. The molecule has 2 N–H and O–H groups in total. The van der Waals surface area contributed by atoms with Gasteiger partial charge in [-0.05, 0) is 19.5 Å². The molecule has 0 saturated carbocycles. The summed E-state index contributed by atoms with van der Waals surface area (Å²) in [6.45, 7) is 4.65. The lowest BCUT2D eigenvalue weighted by molar-refractivity contribution is -0.124. The van der Waals surface area contributed by atoms with Gasteiger partial charge in [0.05, 0.1) is 0 Å². The normalized spacial score (nSPS) is 14.2. The number of benzene rings is 1. The fourth-order valence-corrected chi connectivity index (χ4v) is 2.43. The van der Waals surface area contributed by atoms with E-state index < -0.39 is 0 Å². The van der Waals surface area contributed by atoms with Gasteiger partial charge in [-0.2, -0.15) is 0 Å². The van der Waals surface area contributed by atoms with Crippen molar-refractivity contribution in [3.63, 3.8) is 0 Å². The minimum atomic E-state index is -0.0742. The molecule has 0 aliphatic rings. The molecule has 2 atom stereocenters. The third-order valence-electron chi connectivity index (χ3n) is 3.47. The SMILES string of the molecule is CCC(c1ccccc1O)N(C)CC(C)C(=O)NC. The van der Waals surface area contributed by atoms with Gasteiger partial charge in [-0.3, -0.25) is 9.69 Å². The zero-order valence-corrected chi connectivity index (χ0v) is 12.2. The average Bonchev–Trinajstić information content (AvgIpc) is 2.40. The molecule has 0 spiro atoms. The van der Waals surface area contributed by atoms with Gasteiger partial charge in [0.25, 0.3) is 0 Å². The molecule has 19 heavy (non-hydrogen) atoms. The minimum Gasteiger partial charge on any atom is -0.508 e. The highest BCUT2D eigenvalue weighted by Gasteiger charge is 2.21. The number of phenols is 1. The van der Waals surface area contributed by atoms with E-state index in [2.05, 4.69) is 17.1 Å². The number of hydrogen-bond acceptors (Lipinski definition) is 3. The van der Waals surface area contributed by atoms with E-state index in [-0.39, 0.29) is 17.9 Å². The van der Waals surface area contributed by atoms with Crippen molar-refractivity contribution in [1.29, 1.82) is 0 Å². The predicted octanol–water partition coefficient (Wildman–Crippen LogP) is 2.16. The van der Waals surface area contributed by atoms with Crippen molar-refractivity contribution in [2.24, 2.45) is 5.92 Å². The van der Waals surface area contributed by atoms with E-state index in [0.717, 1.165) is 12.0 Å². The number of carbonyl (C=O) groups excluding carboxylic acids is 1. The van der Waals surface area contributed by atoms with Crippen LogP contribution in [0.4, 0.5) is 0 Å². The second-order valence-electron chi connectivity index (χ2n) is 4.94. The van der Waals surface area contributed by atoms with E-state index in [9.17, 15) is 9.90 Å². The van der Waals surface area contributed by atoms with E-state index in [4.69, 9.17) is 0 Å². The van der Waals surface area contributed by atoms with Gasteiger partial charge < -0.3 is 10.4 Å². The summed E-state index contributed by atoms with van der Waals surface area (Å²) in [6.07, 6.45) is 0.883. The van der Waals surface area contributed by atoms with Crippen LogP contribution in [0.15, 0.2) is 24.3 Å². The highest BCUT2D eigenvalue weighted by Crippen LogP contribution is 2.30. The maximum absolute atomic E-state index is 11.6. The number of nitrogens with zero attached hydrogens (tertiary/aromatic N) is 1. The zero-order valence-electron chi connectivity index (χ0n) is 12.2. The van der Waals surface area contributed by atoms with Crippen LogP contribution in [-0.4, -0.2) is 36.6 Å². The third kappa shape index (κ3) is 3.96. The van der Waals surface area contributed by atoms with Crippen molar-refractivity contribution in [2.75, 3.05) is 20.6 Å². The van der Waals surface area contributed by atoms with Gasteiger partial charge in [-0.25, -0.2) is 0 Å². The van der Waals surface area contributed by atoms with E-state index >= 15 is 0 Å². The molecule has 4 nitrogen and oxygen atoms in total. The molecule has 0 aliphatic heterocycles. The minimum absolute atomic E-state index is 0.0407. The van der Waals surface area contributed by atoms with Crippen molar-refractivity contribution in [2.45, 2.75) is 26.3 Å². The van der Waals surface area contributed by atoms with Gasteiger partial charge in [-0.15, -0.1) is 0 Å². The van der Waals surface area contributed by atoms with Crippen molar-refractivity contribution in [1.82, 2.24) is 10.2 Å². The molecular weight excluding hydrogens is 240 g/mol. The van der Waals surface area contributed by atoms with Crippen molar-refractivity contribution >= 4 is 5.91 Å². The number of amides is 1. The Labute approximate surface area is 115 Å². The van der Waals surface area contributed by atoms with Crippen molar-refractivity contribution < 1.29 is 9.90 Å². The maximum atomic E-state index is 11.6. The number of para-hydroxylation sites is 1. The summed E-state index contributed by atoms with van der Waals surface area (Å²) in [5, 5.41) is 12.6. The standard InChI is InChI=1S/C15H24N2O2/c1-5-13(12-8-6-7-9-14(12)18)17(4)10-11(2)15(19)16-3/h6-9,11,13,18H,5,10H2,1-4H3,(H,16,19). The molecule has 4 heteroatoms. The van der Waals surface area contributed by atoms with Gasteiger partial charge in [-0.1, -0.05) is 32.0 Å². The van der Waals surface area contributed by atoms with E-state index in [0.29, 0.717) is 12.3 Å². The largest absolute Gasteiger partial charge is 0.508 e. The Balaban J connectivity index is 2.80. The number of rotatable bonds is 6. The lowest BCUT2D eigenvalue weighted by atomic mass is 10.0. The summed E-state index contributed by atoms with van der Waals surface area (Å²) < 4.78 is 0. The topological polar surface area (TPSA) is 52.6 Å². The summed E-state index contributed by atoms with van der Waals surface area (Å²) in [5.41, 5.74) is 0.914. The zero-order chi connectivity index (χ0) is 14.4. The van der Waals surface area contributed by atoms with Crippen LogP contribution in [0.5, 0.6) is 5.75 Å². The Hall–Kier alpha value is -1.55. The second-order valence-corrected chi connectivity index (χ2v) is 4.94. The number of aromatic hydroxyl groups is 1.